The number of Topliss-reactive ketones (excluding diaryl/α,β-unsaturated/α-hetero) is 2. The number of rotatable bonds is 8. The van der Waals surface area contributed by atoms with Gasteiger partial charge >= 0.3 is 0 Å². The lowest BCUT2D eigenvalue weighted by Crippen LogP contribution is -2.45. The molecule has 3 aliphatic rings. The zero-order chi connectivity index (χ0) is 31.9. The van der Waals surface area contributed by atoms with Crippen molar-refractivity contribution in [3.63, 3.8) is 0 Å². The average Bonchev–Trinajstić information content (AvgIpc) is 2.98. The Morgan fingerprint density at radius 3 is 1.98 bits per heavy atom. The summed E-state index contributed by atoms with van der Waals surface area (Å²) in [6.07, 6.45) is 3.20. The van der Waals surface area contributed by atoms with Crippen molar-refractivity contribution in [3.05, 3.63) is 118 Å². The lowest BCUT2D eigenvalue weighted by molar-refractivity contribution is -0.119. The minimum absolute atomic E-state index is 0.102. The molecule has 3 aromatic carbocycles. The van der Waals surface area contributed by atoms with Crippen LogP contribution in [0.1, 0.15) is 76.0 Å². The van der Waals surface area contributed by atoms with Crippen LogP contribution in [0.2, 0.25) is 0 Å². The Balaban J connectivity index is 1.44. The number of ether oxygens (including phenoxy) is 2. The smallest absolute Gasteiger partial charge is 0.162 e. The monoisotopic (exact) mass is 607 g/mol. The fraction of sp³-hybridized carbons (Fsp3) is 0.385. The Kier molecular flexibility index (Phi) is 8.19. The molecular formula is C39H42FNO4. The first-order valence-electron chi connectivity index (χ1n) is 15.8. The molecule has 0 fully saturated rings. The standard InChI is InChI=1S/C39H42FNO4/c1-38(2)20-29-36(31(42)22-38)35(27-14-15-33(34(19-27)44-5)45-24-26-12-9-13-28(40)18-26)37-30(21-39(3,4)23-32(37)43)41(29)17-16-25-10-7-6-8-11-25/h6-15,18-19,35H,16-17,20-24H2,1-5H3. The third-order valence-corrected chi connectivity index (χ3v) is 9.29. The highest BCUT2D eigenvalue weighted by Crippen LogP contribution is 2.55. The molecule has 0 atom stereocenters. The fourth-order valence-electron chi connectivity index (χ4n) is 7.31. The minimum Gasteiger partial charge on any atom is -0.493 e. The third kappa shape index (κ3) is 6.33. The summed E-state index contributed by atoms with van der Waals surface area (Å²) in [4.78, 5) is 30.7. The maximum atomic E-state index is 14.2. The molecular weight excluding hydrogens is 565 g/mol. The molecule has 0 radical (unpaired) electrons. The second-order valence-electron chi connectivity index (χ2n) is 14.3. The first-order valence-corrected chi connectivity index (χ1v) is 15.8. The molecule has 0 saturated carbocycles. The highest BCUT2D eigenvalue weighted by atomic mass is 19.1. The van der Waals surface area contributed by atoms with Crippen LogP contribution in [-0.2, 0) is 22.6 Å². The second-order valence-corrected chi connectivity index (χ2v) is 14.3. The van der Waals surface area contributed by atoms with Gasteiger partial charge < -0.3 is 14.4 Å². The molecule has 5 nitrogen and oxygen atoms in total. The highest BCUT2D eigenvalue weighted by molar-refractivity contribution is 6.06. The maximum absolute atomic E-state index is 14.2. The molecule has 1 aliphatic heterocycles. The zero-order valence-electron chi connectivity index (χ0n) is 26.9. The lowest BCUT2D eigenvalue weighted by atomic mass is 9.63. The van der Waals surface area contributed by atoms with Crippen LogP contribution in [0.5, 0.6) is 11.5 Å². The molecule has 0 aromatic heterocycles. The molecule has 6 rings (SSSR count). The van der Waals surface area contributed by atoms with E-state index in [1.807, 2.05) is 30.3 Å². The van der Waals surface area contributed by atoms with E-state index in [-0.39, 0.29) is 34.8 Å². The van der Waals surface area contributed by atoms with Crippen LogP contribution in [0.4, 0.5) is 4.39 Å². The summed E-state index contributed by atoms with van der Waals surface area (Å²) < 4.78 is 25.6. The SMILES string of the molecule is COc1cc(C2C3=C(CC(C)(C)CC3=O)N(CCc3ccccc3)C3=C2C(=O)CC(C)(C)C3)ccc1OCc1cccc(F)c1. The van der Waals surface area contributed by atoms with Gasteiger partial charge in [-0.2, -0.15) is 0 Å². The maximum Gasteiger partial charge on any atom is 0.162 e. The Labute approximate surface area is 265 Å². The predicted octanol–water partition coefficient (Wildman–Crippen LogP) is 8.34. The first kappa shape index (κ1) is 30.8. The quantitative estimate of drug-likeness (QED) is 0.258. The van der Waals surface area contributed by atoms with Crippen LogP contribution >= 0.6 is 0 Å². The average molecular weight is 608 g/mol. The van der Waals surface area contributed by atoms with Crippen LogP contribution in [-0.4, -0.2) is 30.1 Å². The Morgan fingerprint density at radius 2 is 1.38 bits per heavy atom. The van der Waals surface area contributed by atoms with Crippen LogP contribution < -0.4 is 9.47 Å². The summed E-state index contributed by atoms with van der Waals surface area (Å²) >= 11 is 0. The van der Waals surface area contributed by atoms with E-state index in [0.717, 1.165) is 47.4 Å². The molecule has 0 saturated heterocycles. The van der Waals surface area contributed by atoms with Gasteiger partial charge in [-0.3, -0.25) is 9.59 Å². The summed E-state index contributed by atoms with van der Waals surface area (Å²) in [5.41, 5.74) is 5.97. The number of benzene rings is 3. The normalized spacial score (nSPS) is 19.4. The number of carbonyl (C=O) groups excluding carboxylic acids is 2. The van der Waals surface area contributed by atoms with E-state index in [1.54, 1.807) is 13.2 Å². The number of nitrogens with zero attached hydrogens (tertiary/aromatic N) is 1. The van der Waals surface area contributed by atoms with Crippen molar-refractivity contribution >= 4 is 11.6 Å². The molecule has 0 unspecified atom stereocenters. The summed E-state index contributed by atoms with van der Waals surface area (Å²) in [7, 11) is 1.58. The van der Waals surface area contributed by atoms with Crippen molar-refractivity contribution in [1.29, 1.82) is 0 Å². The van der Waals surface area contributed by atoms with Gasteiger partial charge in [0, 0.05) is 47.8 Å². The van der Waals surface area contributed by atoms with E-state index in [2.05, 4.69) is 56.9 Å². The number of halogens is 1. The van der Waals surface area contributed by atoms with E-state index < -0.39 is 5.92 Å². The van der Waals surface area contributed by atoms with Crippen LogP contribution in [0.3, 0.4) is 0 Å². The van der Waals surface area contributed by atoms with Gasteiger partial charge in [-0.15, -0.1) is 0 Å². The first-order chi connectivity index (χ1) is 21.4. The van der Waals surface area contributed by atoms with E-state index in [9.17, 15) is 14.0 Å². The minimum atomic E-state index is -0.471. The Bertz CT molecular complexity index is 1650. The van der Waals surface area contributed by atoms with E-state index >= 15 is 0 Å². The van der Waals surface area contributed by atoms with Gasteiger partial charge in [0.05, 0.1) is 7.11 Å². The van der Waals surface area contributed by atoms with Gasteiger partial charge in [0.25, 0.3) is 0 Å². The van der Waals surface area contributed by atoms with Crippen LogP contribution in [0.25, 0.3) is 0 Å². The van der Waals surface area contributed by atoms with Crippen molar-refractivity contribution in [2.24, 2.45) is 10.8 Å². The van der Waals surface area contributed by atoms with Gasteiger partial charge in [0.15, 0.2) is 23.1 Å². The molecule has 3 aromatic rings. The molecule has 0 N–H and O–H groups in total. The number of hydrogen-bond acceptors (Lipinski definition) is 5. The van der Waals surface area contributed by atoms with Crippen molar-refractivity contribution in [2.75, 3.05) is 13.7 Å². The topological polar surface area (TPSA) is 55.8 Å². The van der Waals surface area contributed by atoms with Gasteiger partial charge in [-0.25, -0.2) is 4.39 Å². The van der Waals surface area contributed by atoms with Gasteiger partial charge in [-0.05, 0) is 71.0 Å². The zero-order valence-corrected chi connectivity index (χ0v) is 26.9. The van der Waals surface area contributed by atoms with Gasteiger partial charge in [-0.1, -0.05) is 76.2 Å². The van der Waals surface area contributed by atoms with Crippen LogP contribution in [0, 0.1) is 16.6 Å². The number of ketones is 2. The molecule has 6 heteroatoms. The number of carbonyl (C=O) groups is 2. The van der Waals surface area contributed by atoms with E-state index in [0.29, 0.717) is 36.4 Å². The number of allylic oxidation sites excluding steroid dienone is 4. The molecule has 0 spiro atoms. The largest absolute Gasteiger partial charge is 0.493 e. The van der Waals surface area contributed by atoms with Crippen molar-refractivity contribution in [3.8, 4) is 11.5 Å². The van der Waals surface area contributed by atoms with E-state index in [1.165, 1.54) is 17.7 Å². The van der Waals surface area contributed by atoms with Crippen molar-refractivity contribution in [1.82, 2.24) is 4.90 Å². The summed E-state index contributed by atoms with van der Waals surface area (Å²) in [5, 5.41) is 0. The lowest BCUT2D eigenvalue weighted by Gasteiger charge is -2.49. The predicted molar refractivity (Wildman–Crippen MR) is 173 cm³/mol. The molecule has 1 heterocycles. The molecule has 234 valence electrons. The summed E-state index contributed by atoms with van der Waals surface area (Å²) in [5.74, 6) is 0.438. The Morgan fingerprint density at radius 1 is 0.756 bits per heavy atom. The van der Waals surface area contributed by atoms with E-state index in [4.69, 9.17) is 9.47 Å². The fourth-order valence-corrected chi connectivity index (χ4v) is 7.31. The van der Waals surface area contributed by atoms with Crippen molar-refractivity contribution < 1.29 is 23.5 Å². The Hall–Kier alpha value is -4.19. The second kappa shape index (κ2) is 12.0. The van der Waals surface area contributed by atoms with Crippen LogP contribution in [0.15, 0.2) is 95.3 Å². The van der Waals surface area contributed by atoms with Crippen molar-refractivity contribution in [2.45, 2.75) is 72.3 Å². The van der Waals surface area contributed by atoms with Gasteiger partial charge in [0.2, 0.25) is 0 Å². The number of methoxy groups -OCH3 is 1. The molecule has 0 bridgehead atoms. The molecule has 45 heavy (non-hydrogen) atoms. The molecule has 0 amide bonds. The third-order valence-electron chi connectivity index (χ3n) is 9.29. The van der Waals surface area contributed by atoms with Gasteiger partial charge in [0.1, 0.15) is 12.4 Å². The summed E-state index contributed by atoms with van der Waals surface area (Å²) in [6.45, 7) is 9.52. The summed E-state index contributed by atoms with van der Waals surface area (Å²) in [6, 6.07) is 22.4. The number of hydrogen-bond donors (Lipinski definition) is 0. The molecule has 2 aliphatic carbocycles. The highest BCUT2D eigenvalue weighted by Gasteiger charge is 2.49.